The lowest BCUT2D eigenvalue weighted by molar-refractivity contribution is 0.0962. The van der Waals surface area contributed by atoms with Crippen molar-refractivity contribution < 1.29 is 23.4 Å². The quantitative estimate of drug-likeness (QED) is 0.471. The van der Waals surface area contributed by atoms with Crippen LogP contribution < -0.4 is 19.1 Å². The minimum Gasteiger partial charge on any atom is -0.493 e. The summed E-state index contributed by atoms with van der Waals surface area (Å²) in [5.74, 6) is 0.00956. The predicted octanol–water partition coefficient (Wildman–Crippen LogP) is 4.85. The summed E-state index contributed by atoms with van der Waals surface area (Å²) in [6.07, 6.45) is 0.365. The molecule has 0 spiro atoms. The molecule has 2 aliphatic heterocycles. The Balaban J connectivity index is 0.00000380. The van der Waals surface area contributed by atoms with Gasteiger partial charge in [-0.05, 0) is 29.2 Å². The monoisotopic (exact) mass is 574 g/mol. The van der Waals surface area contributed by atoms with Gasteiger partial charge in [0.15, 0.2) is 23.1 Å². The summed E-state index contributed by atoms with van der Waals surface area (Å²) in [4.78, 5) is 17.2. The maximum Gasteiger partial charge on any atom is 0.197 e. The smallest absolute Gasteiger partial charge is 0.197 e. The van der Waals surface area contributed by atoms with Gasteiger partial charge >= 0.3 is 0 Å². The normalized spacial score (nSPS) is 14.2. The number of hydrogen-bond acceptors (Lipinski definition) is 7. The molecule has 2 aliphatic rings. The van der Waals surface area contributed by atoms with Crippen molar-refractivity contribution >= 4 is 34.3 Å². The summed E-state index contributed by atoms with van der Waals surface area (Å²) in [5, 5.41) is 17.6. The first-order chi connectivity index (χ1) is 17.1. The van der Waals surface area contributed by atoms with Gasteiger partial charge in [0.1, 0.15) is 18.2 Å². The number of hydrogen-bond donors (Lipinski definition) is 1. The highest BCUT2D eigenvalue weighted by atomic mass is 79.9. The zero-order chi connectivity index (χ0) is 26.2. The Bertz CT molecular complexity index is 1270. The summed E-state index contributed by atoms with van der Waals surface area (Å²) in [6.45, 7) is 8.00. The number of ether oxygens (including phenoxy) is 3. The van der Waals surface area contributed by atoms with Crippen molar-refractivity contribution in [3.05, 3.63) is 46.3 Å². The first kappa shape index (κ1) is 28.3. The molecular weight excluding hydrogens is 543 g/mol. The maximum absolute atomic E-state index is 15.1. The molecule has 10 heteroatoms. The number of fused-ring (bicyclic) bond motifs is 2. The maximum atomic E-state index is 15.1. The molecule has 2 heterocycles. The first-order valence-corrected chi connectivity index (χ1v) is 11.8. The van der Waals surface area contributed by atoms with E-state index in [-0.39, 0.29) is 64.2 Å². The lowest BCUT2D eigenvalue weighted by atomic mass is 9.84. The third-order valence-corrected chi connectivity index (χ3v) is 6.58. The van der Waals surface area contributed by atoms with Crippen molar-refractivity contribution in [1.29, 1.82) is 10.7 Å². The number of carbonyl (C=O) groups excluding carboxylic acids is 1. The van der Waals surface area contributed by atoms with Crippen molar-refractivity contribution in [3.8, 4) is 23.3 Å². The van der Waals surface area contributed by atoms with E-state index in [0.717, 1.165) is 17.0 Å². The largest absolute Gasteiger partial charge is 0.493 e. The van der Waals surface area contributed by atoms with Crippen molar-refractivity contribution in [2.45, 2.75) is 39.2 Å². The molecule has 4 rings (SSSR count). The van der Waals surface area contributed by atoms with E-state index in [1.165, 1.54) is 14.2 Å². The molecule has 1 N–H and O–H groups in total. The minimum absolute atomic E-state index is 0. The Hall–Kier alpha value is -3.32. The fourth-order valence-corrected chi connectivity index (χ4v) is 4.74. The van der Waals surface area contributed by atoms with Crippen LogP contribution in [0.3, 0.4) is 0 Å². The van der Waals surface area contributed by atoms with E-state index in [1.807, 2.05) is 12.1 Å². The SMILES string of the molecule is Br.COc1cc2c(c(F)c1OC)C(=N)N(CC(=O)c1cc3c(c(C(C)(C)C)c1)OCCN3CCC#N)C2. The molecule has 0 radical (unpaired) electrons. The Morgan fingerprint density at radius 2 is 1.95 bits per heavy atom. The second-order valence-electron chi connectivity index (χ2n) is 9.95. The highest BCUT2D eigenvalue weighted by molar-refractivity contribution is 8.93. The number of halogens is 2. The average Bonchev–Trinajstić information content (AvgIpc) is 3.15. The van der Waals surface area contributed by atoms with Gasteiger partial charge in [0.2, 0.25) is 0 Å². The van der Waals surface area contributed by atoms with Crippen molar-refractivity contribution in [2.75, 3.05) is 45.4 Å². The van der Waals surface area contributed by atoms with Crippen LogP contribution >= 0.6 is 17.0 Å². The number of nitrogens with one attached hydrogen (secondary N) is 1. The summed E-state index contributed by atoms with van der Waals surface area (Å²) >= 11 is 0. The number of nitrogens with zero attached hydrogens (tertiary/aromatic N) is 3. The van der Waals surface area contributed by atoms with Crippen LogP contribution in [-0.4, -0.2) is 57.0 Å². The summed E-state index contributed by atoms with van der Waals surface area (Å²) < 4.78 is 31.5. The minimum atomic E-state index is -0.666. The van der Waals surface area contributed by atoms with Crippen LogP contribution in [-0.2, 0) is 12.0 Å². The van der Waals surface area contributed by atoms with E-state index in [4.69, 9.17) is 24.9 Å². The molecule has 0 fully saturated rings. The third-order valence-electron chi connectivity index (χ3n) is 6.58. The average molecular weight is 575 g/mol. The van der Waals surface area contributed by atoms with Gasteiger partial charge < -0.3 is 24.0 Å². The number of anilines is 1. The lowest BCUT2D eigenvalue weighted by Crippen LogP contribution is -2.35. The van der Waals surface area contributed by atoms with Gasteiger partial charge in [-0.25, -0.2) is 4.39 Å². The number of amidine groups is 1. The number of carbonyl (C=O) groups is 1. The van der Waals surface area contributed by atoms with Crippen LogP contribution in [0.4, 0.5) is 10.1 Å². The molecule has 2 aromatic rings. The summed E-state index contributed by atoms with van der Waals surface area (Å²) in [5.41, 5.74) is 2.60. The molecule has 0 amide bonds. The topological polar surface area (TPSA) is 98.9 Å². The molecule has 0 bridgehead atoms. The van der Waals surface area contributed by atoms with Gasteiger partial charge in [-0.3, -0.25) is 10.2 Å². The summed E-state index contributed by atoms with van der Waals surface area (Å²) in [6, 6.07) is 7.50. The van der Waals surface area contributed by atoms with E-state index in [1.54, 1.807) is 11.0 Å². The van der Waals surface area contributed by atoms with E-state index >= 15 is 4.39 Å². The molecular formula is C27H32BrFN4O4. The van der Waals surface area contributed by atoms with Gasteiger partial charge in [-0.15, -0.1) is 17.0 Å². The van der Waals surface area contributed by atoms with Gasteiger partial charge in [-0.1, -0.05) is 20.8 Å². The molecule has 0 atom stereocenters. The molecule has 0 saturated heterocycles. The Labute approximate surface area is 227 Å². The van der Waals surface area contributed by atoms with Crippen LogP contribution in [0.15, 0.2) is 18.2 Å². The van der Waals surface area contributed by atoms with E-state index in [0.29, 0.717) is 37.2 Å². The van der Waals surface area contributed by atoms with Crippen LogP contribution in [0.2, 0.25) is 0 Å². The number of nitriles is 1. The van der Waals surface area contributed by atoms with E-state index < -0.39 is 5.82 Å². The molecule has 198 valence electrons. The summed E-state index contributed by atoms with van der Waals surface area (Å²) in [7, 11) is 2.78. The number of rotatable bonds is 7. The molecule has 0 saturated carbocycles. The van der Waals surface area contributed by atoms with Crippen LogP contribution in [0.25, 0.3) is 0 Å². The Kier molecular flexibility index (Phi) is 8.38. The molecule has 0 aromatic heterocycles. The van der Waals surface area contributed by atoms with Gasteiger partial charge in [-0.2, -0.15) is 5.26 Å². The lowest BCUT2D eigenvalue weighted by Gasteiger charge is -2.35. The van der Waals surface area contributed by atoms with Crippen LogP contribution in [0.1, 0.15) is 54.2 Å². The number of methoxy groups -OCH3 is 2. The van der Waals surface area contributed by atoms with Gasteiger partial charge in [0.25, 0.3) is 0 Å². The third kappa shape index (κ3) is 5.23. The Morgan fingerprint density at radius 3 is 2.57 bits per heavy atom. The van der Waals surface area contributed by atoms with Crippen molar-refractivity contribution in [1.82, 2.24) is 4.90 Å². The molecule has 8 nitrogen and oxygen atoms in total. The fourth-order valence-electron chi connectivity index (χ4n) is 4.74. The molecule has 37 heavy (non-hydrogen) atoms. The van der Waals surface area contributed by atoms with E-state index in [2.05, 4.69) is 31.7 Å². The Morgan fingerprint density at radius 1 is 1.22 bits per heavy atom. The van der Waals surface area contributed by atoms with Crippen LogP contribution in [0, 0.1) is 22.6 Å². The second-order valence-corrected chi connectivity index (χ2v) is 9.95. The highest BCUT2D eigenvalue weighted by Gasteiger charge is 2.34. The highest BCUT2D eigenvalue weighted by Crippen LogP contribution is 2.43. The van der Waals surface area contributed by atoms with Gasteiger partial charge in [0.05, 0.1) is 51.0 Å². The van der Waals surface area contributed by atoms with Crippen molar-refractivity contribution in [2.24, 2.45) is 0 Å². The van der Waals surface area contributed by atoms with Crippen LogP contribution in [0.5, 0.6) is 17.2 Å². The number of benzene rings is 2. The molecule has 0 unspecified atom stereocenters. The molecule has 2 aromatic carbocycles. The number of Topliss-reactive ketones (excluding diaryl/α,β-unsaturated/α-hetero) is 1. The fraction of sp³-hybridized carbons (Fsp3) is 0.444. The van der Waals surface area contributed by atoms with Crippen molar-refractivity contribution in [3.63, 3.8) is 0 Å². The molecule has 0 aliphatic carbocycles. The number of ketones is 1. The zero-order valence-corrected chi connectivity index (χ0v) is 23.4. The second kappa shape index (κ2) is 11.0. The standard InChI is InChI=1S/C27H31FN4O4.BrH/c1-27(2,3)18-11-16(12-19-24(18)36-10-9-31(19)8-6-7-29)20(33)15-32-14-17-13-21(34-4)25(35-5)23(28)22(17)26(32)30;/h11-13,30H,6,8-10,14-15H2,1-5H3;1H. The predicted molar refractivity (Wildman–Crippen MR) is 144 cm³/mol. The zero-order valence-electron chi connectivity index (χ0n) is 21.7. The van der Waals surface area contributed by atoms with Gasteiger partial charge in [0, 0.05) is 24.2 Å². The van der Waals surface area contributed by atoms with E-state index in [9.17, 15) is 4.79 Å². The first-order valence-electron chi connectivity index (χ1n) is 11.8.